The van der Waals surface area contributed by atoms with E-state index in [9.17, 15) is 23.2 Å². The number of pyridine rings is 1. The second-order valence-electron chi connectivity index (χ2n) is 7.82. The summed E-state index contributed by atoms with van der Waals surface area (Å²) in [5.41, 5.74) is -0.275. The Morgan fingerprint density at radius 1 is 1.17 bits per heavy atom. The number of nitrogens with zero attached hydrogens (tertiary/aromatic N) is 7. The largest absolute Gasteiger partial charge is 0.332 e. The van der Waals surface area contributed by atoms with Gasteiger partial charge in [0.2, 0.25) is 5.91 Å². The molecule has 0 spiro atoms. The fraction of sp³-hybridized carbons (Fsp3) is 0.182. The third-order valence-electron chi connectivity index (χ3n) is 5.52. The normalized spacial score (nSPS) is 11.4. The van der Waals surface area contributed by atoms with Gasteiger partial charge in [-0.2, -0.15) is 0 Å². The van der Waals surface area contributed by atoms with Crippen LogP contribution < -0.4 is 16.1 Å². The van der Waals surface area contributed by atoms with Crippen molar-refractivity contribution in [2.24, 2.45) is 14.1 Å². The third-order valence-corrected chi connectivity index (χ3v) is 6.55. The lowest BCUT2D eigenvalue weighted by molar-refractivity contribution is -0.119. The molecule has 4 aromatic heterocycles. The van der Waals surface area contributed by atoms with Crippen molar-refractivity contribution >= 4 is 43.8 Å². The summed E-state index contributed by atoms with van der Waals surface area (Å²) in [5, 5.41) is 0.156. The van der Waals surface area contributed by atoms with E-state index in [2.05, 4.69) is 15.0 Å². The molecule has 0 fully saturated rings. The molecule has 0 saturated carbocycles. The molecule has 0 N–H and O–H groups in total. The number of carbonyl (C=O) groups is 1. The van der Waals surface area contributed by atoms with Crippen molar-refractivity contribution < 1.29 is 13.6 Å². The minimum absolute atomic E-state index is 0.0488. The minimum Gasteiger partial charge on any atom is -0.315 e. The molecule has 1 aromatic carbocycles. The van der Waals surface area contributed by atoms with Crippen LogP contribution in [0.25, 0.3) is 21.4 Å². The van der Waals surface area contributed by atoms with E-state index in [4.69, 9.17) is 0 Å². The fourth-order valence-electron chi connectivity index (χ4n) is 3.75. The van der Waals surface area contributed by atoms with Crippen LogP contribution in [0.4, 0.5) is 13.9 Å². The number of halogens is 2. The summed E-state index contributed by atoms with van der Waals surface area (Å²) in [6, 6.07) is 5.36. The summed E-state index contributed by atoms with van der Waals surface area (Å²) in [6.07, 6.45) is 4.47. The maximum Gasteiger partial charge on any atom is 0.332 e. The highest BCUT2D eigenvalue weighted by atomic mass is 32.1. The molecule has 178 valence electrons. The van der Waals surface area contributed by atoms with Gasteiger partial charge in [-0.3, -0.25) is 28.6 Å². The first-order valence-electron chi connectivity index (χ1n) is 10.3. The van der Waals surface area contributed by atoms with Crippen molar-refractivity contribution in [1.82, 2.24) is 28.7 Å². The van der Waals surface area contributed by atoms with Crippen LogP contribution in [0.15, 0.2) is 52.6 Å². The molecule has 4 heterocycles. The molecule has 10 nitrogen and oxygen atoms in total. The predicted octanol–water partition coefficient (Wildman–Crippen LogP) is 1.95. The van der Waals surface area contributed by atoms with Crippen molar-refractivity contribution in [3.05, 3.63) is 81.0 Å². The quantitative estimate of drug-likeness (QED) is 0.367. The summed E-state index contributed by atoms with van der Waals surface area (Å²) in [5.74, 6) is -2.06. The maximum absolute atomic E-state index is 14.3. The Balaban J connectivity index is 1.59. The lowest BCUT2D eigenvalue weighted by Gasteiger charge is -2.20. The van der Waals surface area contributed by atoms with Gasteiger partial charge in [0, 0.05) is 32.6 Å². The smallest absolute Gasteiger partial charge is 0.315 e. The molecule has 35 heavy (non-hydrogen) atoms. The fourth-order valence-corrected chi connectivity index (χ4v) is 4.77. The number of thiazole rings is 1. The molecule has 0 bridgehead atoms. The van der Waals surface area contributed by atoms with Crippen LogP contribution >= 0.6 is 11.3 Å². The molecule has 0 radical (unpaired) electrons. The zero-order valence-electron chi connectivity index (χ0n) is 18.5. The van der Waals surface area contributed by atoms with Gasteiger partial charge in [-0.25, -0.2) is 23.5 Å². The third kappa shape index (κ3) is 3.89. The molecule has 13 heteroatoms. The van der Waals surface area contributed by atoms with Gasteiger partial charge in [0.15, 0.2) is 22.1 Å². The molecule has 0 saturated heterocycles. The number of rotatable bonds is 5. The second kappa shape index (κ2) is 8.51. The highest BCUT2D eigenvalue weighted by molar-refractivity contribution is 7.22. The Morgan fingerprint density at radius 3 is 2.71 bits per heavy atom. The van der Waals surface area contributed by atoms with Gasteiger partial charge in [-0.05, 0) is 17.7 Å². The van der Waals surface area contributed by atoms with E-state index in [-0.39, 0.29) is 39.6 Å². The highest BCUT2D eigenvalue weighted by Gasteiger charge is 2.24. The second-order valence-corrected chi connectivity index (χ2v) is 8.83. The van der Waals surface area contributed by atoms with Crippen LogP contribution in [0.5, 0.6) is 0 Å². The summed E-state index contributed by atoms with van der Waals surface area (Å²) in [4.78, 5) is 52.2. The maximum atomic E-state index is 14.3. The lowest BCUT2D eigenvalue weighted by Crippen LogP contribution is -2.38. The average Bonchev–Trinajstić information content (AvgIpc) is 3.45. The number of hydrogen-bond acceptors (Lipinski definition) is 7. The van der Waals surface area contributed by atoms with Crippen molar-refractivity contribution in [2.45, 2.75) is 13.1 Å². The average molecular weight is 497 g/mol. The zero-order valence-corrected chi connectivity index (χ0v) is 19.3. The van der Waals surface area contributed by atoms with Crippen LogP contribution in [-0.2, 0) is 32.0 Å². The summed E-state index contributed by atoms with van der Waals surface area (Å²) in [6.45, 7) is -0.253. The van der Waals surface area contributed by atoms with E-state index in [0.717, 1.165) is 28.0 Å². The Bertz CT molecular complexity index is 1720. The molecular formula is C22H17F2N7O3S. The molecule has 1 amide bonds. The number of aryl methyl sites for hydroxylation is 1. The Morgan fingerprint density at radius 2 is 1.97 bits per heavy atom. The Labute approximate surface area is 199 Å². The van der Waals surface area contributed by atoms with Crippen LogP contribution in [0.1, 0.15) is 5.56 Å². The van der Waals surface area contributed by atoms with E-state index >= 15 is 0 Å². The minimum atomic E-state index is -0.832. The number of hydrogen-bond donors (Lipinski definition) is 0. The zero-order chi connectivity index (χ0) is 24.9. The van der Waals surface area contributed by atoms with E-state index < -0.39 is 28.8 Å². The molecule has 0 aliphatic rings. The number of benzene rings is 1. The van der Waals surface area contributed by atoms with Gasteiger partial charge >= 0.3 is 5.69 Å². The van der Waals surface area contributed by atoms with E-state index in [1.807, 2.05) is 0 Å². The van der Waals surface area contributed by atoms with E-state index in [1.165, 1.54) is 34.5 Å². The van der Waals surface area contributed by atoms with Gasteiger partial charge in [-0.1, -0.05) is 17.4 Å². The van der Waals surface area contributed by atoms with Gasteiger partial charge in [0.05, 0.1) is 17.6 Å². The number of anilines is 1. The molecular weight excluding hydrogens is 480 g/mol. The van der Waals surface area contributed by atoms with Crippen molar-refractivity contribution in [2.75, 3.05) is 4.90 Å². The standard InChI is InChI=1S/C22H17F2N7O3S/c1-28-19-18(20(33)29(2)22(28)34)30(11-26-19)10-16(32)31(9-12-4-3-5-25-8-12)21-27-17-14(24)6-13(23)7-15(17)35-21/h3-8,11H,9-10H2,1-2H3. The van der Waals surface area contributed by atoms with Crippen LogP contribution in [0.3, 0.4) is 0 Å². The van der Waals surface area contributed by atoms with E-state index in [0.29, 0.717) is 5.56 Å². The molecule has 0 aliphatic heterocycles. The molecule has 0 unspecified atom stereocenters. The van der Waals surface area contributed by atoms with Gasteiger partial charge in [-0.15, -0.1) is 0 Å². The SMILES string of the molecule is Cn1c(=O)c2c(ncn2CC(=O)N(Cc2cccnc2)c2nc3c(F)cc(F)cc3s2)n(C)c1=O. The monoisotopic (exact) mass is 497 g/mol. The Hall–Kier alpha value is -4.26. The number of imidazole rings is 1. The van der Waals surface area contributed by atoms with Crippen molar-refractivity contribution in [3.8, 4) is 0 Å². The van der Waals surface area contributed by atoms with Crippen LogP contribution in [0.2, 0.25) is 0 Å². The number of carbonyl (C=O) groups excluding carboxylic acids is 1. The molecule has 5 aromatic rings. The number of amides is 1. The molecule has 0 aliphatic carbocycles. The van der Waals surface area contributed by atoms with Crippen molar-refractivity contribution in [1.29, 1.82) is 0 Å². The lowest BCUT2D eigenvalue weighted by atomic mass is 10.2. The summed E-state index contributed by atoms with van der Waals surface area (Å²) >= 11 is 0.965. The van der Waals surface area contributed by atoms with Gasteiger partial charge < -0.3 is 4.57 Å². The summed E-state index contributed by atoms with van der Waals surface area (Å²) in [7, 11) is 2.82. The number of fused-ring (bicyclic) bond motifs is 2. The molecule has 5 rings (SSSR count). The summed E-state index contributed by atoms with van der Waals surface area (Å²) < 4.78 is 31.8. The molecule has 0 atom stereocenters. The van der Waals surface area contributed by atoms with Crippen molar-refractivity contribution in [3.63, 3.8) is 0 Å². The van der Waals surface area contributed by atoms with Crippen LogP contribution in [-0.4, -0.2) is 34.6 Å². The first kappa shape index (κ1) is 22.5. The van der Waals surface area contributed by atoms with Gasteiger partial charge in [0.25, 0.3) is 5.56 Å². The van der Waals surface area contributed by atoms with E-state index in [1.54, 1.807) is 24.5 Å². The Kier molecular flexibility index (Phi) is 5.47. The highest BCUT2D eigenvalue weighted by Crippen LogP contribution is 2.32. The topological polar surface area (TPSA) is 108 Å². The predicted molar refractivity (Wildman–Crippen MR) is 125 cm³/mol. The first-order chi connectivity index (χ1) is 16.7. The number of aromatic nitrogens is 6. The van der Waals surface area contributed by atoms with Gasteiger partial charge in [0.1, 0.15) is 17.9 Å². The van der Waals surface area contributed by atoms with Crippen LogP contribution in [0, 0.1) is 11.6 Å². The first-order valence-corrected chi connectivity index (χ1v) is 11.1.